The first-order valence-corrected chi connectivity index (χ1v) is 5.42. The summed E-state index contributed by atoms with van der Waals surface area (Å²) in [5.74, 6) is 1.12. The summed E-state index contributed by atoms with van der Waals surface area (Å²) in [4.78, 5) is 0. The molecule has 2 aromatic rings. The molecule has 0 bridgehead atoms. The molecule has 5 heteroatoms. The summed E-state index contributed by atoms with van der Waals surface area (Å²) in [6.07, 6.45) is 0. The van der Waals surface area contributed by atoms with Crippen molar-refractivity contribution in [3.05, 3.63) is 35.7 Å². The number of methoxy groups -OCH3 is 1. The van der Waals surface area contributed by atoms with Crippen molar-refractivity contribution >= 4 is 11.6 Å². The van der Waals surface area contributed by atoms with Crippen molar-refractivity contribution in [3.8, 4) is 11.4 Å². The molecule has 0 unspecified atom stereocenters. The highest BCUT2D eigenvalue weighted by atomic mass is 35.5. The molecule has 0 radical (unpaired) electrons. The fourth-order valence-corrected chi connectivity index (χ4v) is 1.76. The Kier molecular flexibility index (Phi) is 3.10. The number of hydrogen-bond donors (Lipinski definition) is 0. The minimum atomic E-state index is 0.362. The van der Waals surface area contributed by atoms with E-state index in [-0.39, 0.29) is 0 Å². The summed E-state index contributed by atoms with van der Waals surface area (Å²) in [6, 6.07) is 7.66. The van der Waals surface area contributed by atoms with Crippen LogP contribution in [-0.4, -0.2) is 22.1 Å². The number of ether oxygens (including phenoxy) is 1. The van der Waals surface area contributed by atoms with Gasteiger partial charge in [0.05, 0.1) is 18.7 Å². The molecular formula is C11H12ClN3O. The van der Waals surface area contributed by atoms with Gasteiger partial charge in [-0.15, -0.1) is 16.7 Å². The number of rotatable bonds is 3. The third kappa shape index (κ3) is 1.76. The highest BCUT2D eigenvalue weighted by Gasteiger charge is 2.11. The number of nitrogens with zero attached hydrogens (tertiary/aromatic N) is 3. The van der Waals surface area contributed by atoms with Crippen molar-refractivity contribution in [1.82, 2.24) is 15.0 Å². The lowest BCUT2D eigenvalue weighted by Crippen LogP contribution is -2.02. The second-order valence-electron chi connectivity index (χ2n) is 3.34. The molecule has 0 fully saturated rings. The van der Waals surface area contributed by atoms with Crippen molar-refractivity contribution in [2.24, 2.45) is 0 Å². The van der Waals surface area contributed by atoms with Crippen LogP contribution < -0.4 is 4.74 Å². The number of halogens is 1. The zero-order valence-corrected chi connectivity index (χ0v) is 9.90. The molecule has 1 aromatic carbocycles. The Hall–Kier alpha value is -1.55. The molecule has 4 nitrogen and oxygen atoms in total. The Bertz CT molecular complexity index is 496. The van der Waals surface area contributed by atoms with Crippen LogP contribution in [0.4, 0.5) is 0 Å². The Morgan fingerprint density at radius 1 is 1.38 bits per heavy atom. The molecule has 0 aliphatic carbocycles. The molecule has 84 valence electrons. The molecule has 0 amide bonds. The number of para-hydroxylation sites is 2. The Labute approximate surface area is 98.8 Å². The van der Waals surface area contributed by atoms with E-state index in [1.54, 1.807) is 11.8 Å². The minimum absolute atomic E-state index is 0.362. The zero-order chi connectivity index (χ0) is 11.5. The van der Waals surface area contributed by atoms with Crippen molar-refractivity contribution in [2.45, 2.75) is 12.8 Å². The Morgan fingerprint density at radius 3 is 2.75 bits per heavy atom. The van der Waals surface area contributed by atoms with Gasteiger partial charge in [0.15, 0.2) is 0 Å². The van der Waals surface area contributed by atoms with Crippen LogP contribution in [0.1, 0.15) is 11.4 Å². The van der Waals surface area contributed by atoms with Crippen molar-refractivity contribution in [3.63, 3.8) is 0 Å². The van der Waals surface area contributed by atoms with Crippen LogP contribution in [0.15, 0.2) is 24.3 Å². The molecule has 1 heterocycles. The van der Waals surface area contributed by atoms with Gasteiger partial charge in [0, 0.05) is 0 Å². The van der Waals surface area contributed by atoms with E-state index in [2.05, 4.69) is 10.3 Å². The zero-order valence-electron chi connectivity index (χ0n) is 9.14. The average Bonchev–Trinajstić information content (AvgIpc) is 2.70. The number of aromatic nitrogens is 3. The van der Waals surface area contributed by atoms with E-state index in [1.165, 1.54) is 0 Å². The van der Waals surface area contributed by atoms with E-state index in [0.29, 0.717) is 5.88 Å². The number of alkyl halides is 1. The van der Waals surface area contributed by atoms with E-state index in [9.17, 15) is 0 Å². The summed E-state index contributed by atoms with van der Waals surface area (Å²) >= 11 is 5.76. The van der Waals surface area contributed by atoms with Crippen molar-refractivity contribution < 1.29 is 4.74 Å². The Balaban J connectivity index is 2.54. The van der Waals surface area contributed by atoms with Gasteiger partial charge in [0.25, 0.3) is 0 Å². The van der Waals surface area contributed by atoms with E-state index in [4.69, 9.17) is 16.3 Å². The highest BCUT2D eigenvalue weighted by Crippen LogP contribution is 2.23. The van der Waals surface area contributed by atoms with E-state index < -0.39 is 0 Å². The van der Waals surface area contributed by atoms with Crippen LogP contribution in [-0.2, 0) is 5.88 Å². The summed E-state index contributed by atoms with van der Waals surface area (Å²) < 4.78 is 7.01. The first kappa shape index (κ1) is 11.0. The van der Waals surface area contributed by atoms with Crippen LogP contribution in [0.25, 0.3) is 5.69 Å². The molecule has 1 aromatic heterocycles. The van der Waals surface area contributed by atoms with Crippen molar-refractivity contribution in [1.29, 1.82) is 0 Å². The van der Waals surface area contributed by atoms with Crippen LogP contribution in [0.5, 0.6) is 5.75 Å². The third-order valence-electron chi connectivity index (χ3n) is 2.43. The topological polar surface area (TPSA) is 39.9 Å². The molecule has 0 N–H and O–H groups in total. The van der Waals surface area contributed by atoms with Gasteiger partial charge < -0.3 is 4.74 Å². The van der Waals surface area contributed by atoms with E-state index in [1.807, 2.05) is 31.2 Å². The molecule has 0 saturated heterocycles. The maximum Gasteiger partial charge on any atom is 0.144 e. The van der Waals surface area contributed by atoms with Crippen LogP contribution >= 0.6 is 11.6 Å². The van der Waals surface area contributed by atoms with Gasteiger partial charge in [-0.2, -0.15) is 0 Å². The van der Waals surface area contributed by atoms with Gasteiger partial charge in [-0.05, 0) is 19.1 Å². The van der Waals surface area contributed by atoms with Crippen LogP contribution in [0.3, 0.4) is 0 Å². The van der Waals surface area contributed by atoms with E-state index >= 15 is 0 Å². The fraction of sp³-hybridized carbons (Fsp3) is 0.273. The van der Waals surface area contributed by atoms with Gasteiger partial charge in [-0.1, -0.05) is 17.3 Å². The summed E-state index contributed by atoms with van der Waals surface area (Å²) in [5, 5.41) is 8.08. The second-order valence-corrected chi connectivity index (χ2v) is 3.61. The predicted octanol–water partition coefficient (Wildman–Crippen LogP) is 2.32. The lowest BCUT2D eigenvalue weighted by molar-refractivity contribution is 0.411. The predicted molar refractivity (Wildman–Crippen MR) is 62.2 cm³/mol. The maximum atomic E-state index is 5.76. The molecule has 2 rings (SSSR count). The maximum absolute atomic E-state index is 5.76. The lowest BCUT2D eigenvalue weighted by atomic mass is 10.3. The van der Waals surface area contributed by atoms with Gasteiger partial charge in [0.2, 0.25) is 0 Å². The lowest BCUT2D eigenvalue weighted by Gasteiger charge is -2.08. The Morgan fingerprint density at radius 2 is 2.12 bits per heavy atom. The van der Waals surface area contributed by atoms with Crippen LogP contribution in [0.2, 0.25) is 0 Å². The summed E-state index contributed by atoms with van der Waals surface area (Å²) in [5.41, 5.74) is 2.58. The second kappa shape index (κ2) is 4.53. The number of benzene rings is 1. The smallest absolute Gasteiger partial charge is 0.144 e. The molecule has 16 heavy (non-hydrogen) atoms. The summed E-state index contributed by atoms with van der Waals surface area (Å²) in [7, 11) is 1.63. The molecule has 0 spiro atoms. The number of hydrogen-bond acceptors (Lipinski definition) is 3. The summed E-state index contributed by atoms with van der Waals surface area (Å²) in [6.45, 7) is 1.93. The van der Waals surface area contributed by atoms with Gasteiger partial charge in [0.1, 0.15) is 17.1 Å². The molecule has 0 saturated carbocycles. The first-order chi connectivity index (χ1) is 7.77. The fourth-order valence-electron chi connectivity index (χ4n) is 1.52. The quantitative estimate of drug-likeness (QED) is 0.770. The van der Waals surface area contributed by atoms with Gasteiger partial charge in [-0.3, -0.25) is 0 Å². The minimum Gasteiger partial charge on any atom is -0.494 e. The van der Waals surface area contributed by atoms with Gasteiger partial charge >= 0.3 is 0 Å². The average molecular weight is 238 g/mol. The van der Waals surface area contributed by atoms with Gasteiger partial charge in [-0.25, -0.2) is 4.68 Å². The molecule has 0 aliphatic heterocycles. The molecule has 0 atom stereocenters. The monoisotopic (exact) mass is 237 g/mol. The normalized spacial score (nSPS) is 10.4. The molecular weight excluding hydrogens is 226 g/mol. The highest BCUT2D eigenvalue weighted by molar-refractivity contribution is 6.16. The third-order valence-corrected chi connectivity index (χ3v) is 2.68. The largest absolute Gasteiger partial charge is 0.494 e. The molecule has 0 aliphatic rings. The first-order valence-electron chi connectivity index (χ1n) is 4.88. The van der Waals surface area contributed by atoms with Crippen molar-refractivity contribution in [2.75, 3.05) is 7.11 Å². The standard InChI is InChI=1S/C11H12ClN3O/c1-8-9(7-12)13-14-15(8)10-5-3-4-6-11(10)16-2/h3-6H,7H2,1-2H3. The SMILES string of the molecule is COc1ccccc1-n1nnc(CCl)c1C. The van der Waals surface area contributed by atoms with Crippen LogP contribution in [0, 0.1) is 6.92 Å². The van der Waals surface area contributed by atoms with E-state index in [0.717, 1.165) is 22.8 Å².